The molecule has 0 amide bonds. The Kier molecular flexibility index (Phi) is 1.30. The Bertz CT molecular complexity index is 434. The van der Waals surface area contributed by atoms with Crippen LogP contribution in [-0.2, 0) is 0 Å². The maximum Gasteiger partial charge on any atom is 0.234 e. The molecule has 0 aromatic carbocycles. The van der Waals surface area contributed by atoms with Crippen molar-refractivity contribution in [2.45, 2.75) is 0 Å². The first kappa shape index (κ1) is 6.78. The lowest BCUT2D eigenvalue weighted by atomic mass is 10.5. The minimum absolute atomic E-state index is 0.449. The highest BCUT2D eigenvalue weighted by molar-refractivity contribution is 5.73. The second-order valence-electron chi connectivity index (χ2n) is 2.36. The number of nitrogens with zero attached hydrogens (tertiary/aromatic N) is 3. The van der Waals surface area contributed by atoms with Crippen LogP contribution in [0.5, 0.6) is 0 Å². The summed E-state index contributed by atoms with van der Waals surface area (Å²) in [6.07, 6.45) is 5.27. The number of aldehydes is 1. The standard InChI is InChI=1S/C7H6N4O/c8-5-1-9-7-10-2-6(4-12)11(7)3-5/h1-4H,8H2. The van der Waals surface area contributed by atoms with Crippen LogP contribution in [0, 0.1) is 0 Å². The molecule has 2 aromatic rings. The average Bonchev–Trinajstić information content (AvgIpc) is 2.46. The molecule has 60 valence electrons. The molecule has 5 nitrogen and oxygen atoms in total. The van der Waals surface area contributed by atoms with Gasteiger partial charge < -0.3 is 5.73 Å². The molecule has 5 heteroatoms. The van der Waals surface area contributed by atoms with Gasteiger partial charge in [0.1, 0.15) is 5.69 Å². The van der Waals surface area contributed by atoms with Crippen LogP contribution in [-0.4, -0.2) is 20.7 Å². The number of carbonyl (C=O) groups excluding carboxylic acids is 1. The SMILES string of the molecule is Nc1cnc2ncc(C=O)n2c1. The zero-order chi connectivity index (χ0) is 8.55. The van der Waals surface area contributed by atoms with Crippen molar-refractivity contribution in [1.29, 1.82) is 0 Å². The van der Waals surface area contributed by atoms with E-state index < -0.39 is 0 Å². The van der Waals surface area contributed by atoms with E-state index in [9.17, 15) is 4.79 Å². The van der Waals surface area contributed by atoms with Gasteiger partial charge in [0, 0.05) is 6.20 Å². The minimum atomic E-state index is 0.449. The van der Waals surface area contributed by atoms with Gasteiger partial charge in [0.15, 0.2) is 6.29 Å². The molecule has 0 fully saturated rings. The third-order valence-electron chi connectivity index (χ3n) is 1.53. The minimum Gasteiger partial charge on any atom is -0.396 e. The van der Waals surface area contributed by atoms with E-state index in [0.717, 1.165) is 0 Å². The lowest BCUT2D eigenvalue weighted by Crippen LogP contribution is -1.96. The molecule has 0 atom stereocenters. The number of anilines is 1. The molecule has 12 heavy (non-hydrogen) atoms. The van der Waals surface area contributed by atoms with Crippen LogP contribution < -0.4 is 5.73 Å². The van der Waals surface area contributed by atoms with Crippen LogP contribution in [0.4, 0.5) is 5.69 Å². The molecule has 2 rings (SSSR count). The number of rotatable bonds is 1. The highest BCUT2D eigenvalue weighted by Crippen LogP contribution is 2.04. The topological polar surface area (TPSA) is 73.3 Å². The molecule has 0 aliphatic carbocycles. The van der Waals surface area contributed by atoms with Crippen molar-refractivity contribution in [2.75, 3.05) is 5.73 Å². The van der Waals surface area contributed by atoms with Crippen LogP contribution in [0.2, 0.25) is 0 Å². The smallest absolute Gasteiger partial charge is 0.234 e. The third-order valence-corrected chi connectivity index (χ3v) is 1.53. The fraction of sp³-hybridized carbons (Fsp3) is 0. The van der Waals surface area contributed by atoms with E-state index in [1.807, 2.05) is 0 Å². The van der Waals surface area contributed by atoms with Crippen molar-refractivity contribution < 1.29 is 4.79 Å². The Hall–Kier alpha value is -1.91. The largest absolute Gasteiger partial charge is 0.396 e. The van der Waals surface area contributed by atoms with Gasteiger partial charge >= 0.3 is 0 Å². The molecule has 0 aliphatic heterocycles. The van der Waals surface area contributed by atoms with Gasteiger partial charge in [0.2, 0.25) is 5.78 Å². The summed E-state index contributed by atoms with van der Waals surface area (Å²) in [5.41, 5.74) is 6.43. The molecular formula is C7H6N4O. The van der Waals surface area contributed by atoms with Gasteiger partial charge in [-0.05, 0) is 0 Å². The van der Waals surface area contributed by atoms with E-state index >= 15 is 0 Å². The van der Waals surface area contributed by atoms with Gasteiger partial charge in [0.05, 0.1) is 18.1 Å². The number of hydrogen-bond donors (Lipinski definition) is 1. The monoisotopic (exact) mass is 162 g/mol. The maximum atomic E-state index is 10.5. The van der Waals surface area contributed by atoms with E-state index in [4.69, 9.17) is 5.73 Å². The first-order chi connectivity index (χ1) is 5.81. The highest BCUT2D eigenvalue weighted by Gasteiger charge is 2.01. The number of fused-ring (bicyclic) bond motifs is 1. The van der Waals surface area contributed by atoms with Crippen molar-refractivity contribution in [3.05, 3.63) is 24.3 Å². The summed E-state index contributed by atoms with van der Waals surface area (Å²) in [6, 6.07) is 0. The summed E-state index contributed by atoms with van der Waals surface area (Å²) < 4.78 is 1.54. The Morgan fingerprint density at radius 3 is 2.92 bits per heavy atom. The second-order valence-corrected chi connectivity index (χ2v) is 2.36. The van der Waals surface area contributed by atoms with Crippen molar-refractivity contribution in [2.24, 2.45) is 0 Å². The van der Waals surface area contributed by atoms with Crippen molar-refractivity contribution in [3.63, 3.8) is 0 Å². The van der Waals surface area contributed by atoms with E-state index in [1.54, 1.807) is 10.6 Å². The lowest BCUT2D eigenvalue weighted by Gasteiger charge is -1.94. The first-order valence-corrected chi connectivity index (χ1v) is 3.35. The summed E-state index contributed by atoms with van der Waals surface area (Å²) in [5.74, 6) is 0.478. The van der Waals surface area contributed by atoms with Gasteiger partial charge in [-0.2, -0.15) is 0 Å². The van der Waals surface area contributed by atoms with E-state index in [-0.39, 0.29) is 0 Å². The number of hydrogen-bond acceptors (Lipinski definition) is 4. The molecule has 2 N–H and O–H groups in total. The zero-order valence-corrected chi connectivity index (χ0v) is 6.14. The molecule has 0 bridgehead atoms. The summed E-state index contributed by atoms with van der Waals surface area (Å²) in [5, 5.41) is 0. The van der Waals surface area contributed by atoms with Crippen LogP contribution in [0.15, 0.2) is 18.6 Å². The second kappa shape index (κ2) is 2.30. The van der Waals surface area contributed by atoms with Gasteiger partial charge in [-0.1, -0.05) is 0 Å². The predicted octanol–water partition coefficient (Wildman–Crippen LogP) is 0.124. The van der Waals surface area contributed by atoms with E-state index in [0.29, 0.717) is 23.4 Å². The van der Waals surface area contributed by atoms with Crippen LogP contribution >= 0.6 is 0 Å². The predicted molar refractivity (Wildman–Crippen MR) is 42.8 cm³/mol. The molecule has 0 spiro atoms. The van der Waals surface area contributed by atoms with Crippen molar-refractivity contribution >= 4 is 17.8 Å². The quantitative estimate of drug-likeness (QED) is 0.604. The normalized spacial score (nSPS) is 10.3. The summed E-state index contributed by atoms with van der Waals surface area (Å²) in [6.45, 7) is 0. The Morgan fingerprint density at radius 2 is 2.17 bits per heavy atom. The summed E-state index contributed by atoms with van der Waals surface area (Å²) in [7, 11) is 0. The van der Waals surface area contributed by atoms with Crippen LogP contribution in [0.3, 0.4) is 0 Å². The molecule has 2 heterocycles. The van der Waals surface area contributed by atoms with Gasteiger partial charge in [-0.3, -0.25) is 9.20 Å². The van der Waals surface area contributed by atoms with Crippen molar-refractivity contribution in [3.8, 4) is 0 Å². The highest BCUT2D eigenvalue weighted by atomic mass is 16.1. The fourth-order valence-electron chi connectivity index (χ4n) is 0.993. The maximum absolute atomic E-state index is 10.5. The van der Waals surface area contributed by atoms with Crippen LogP contribution in [0.1, 0.15) is 10.5 Å². The number of nitrogens with two attached hydrogens (primary N) is 1. The van der Waals surface area contributed by atoms with Gasteiger partial charge in [-0.15, -0.1) is 0 Å². The zero-order valence-electron chi connectivity index (χ0n) is 6.14. The van der Waals surface area contributed by atoms with E-state index in [2.05, 4.69) is 9.97 Å². The fourth-order valence-corrected chi connectivity index (χ4v) is 0.993. The Labute approximate surface area is 67.9 Å². The van der Waals surface area contributed by atoms with Gasteiger partial charge in [0.25, 0.3) is 0 Å². The first-order valence-electron chi connectivity index (χ1n) is 3.35. The molecule has 2 aromatic heterocycles. The van der Waals surface area contributed by atoms with E-state index in [1.165, 1.54) is 12.4 Å². The number of carbonyl (C=O) groups is 1. The van der Waals surface area contributed by atoms with Gasteiger partial charge in [-0.25, -0.2) is 9.97 Å². The summed E-state index contributed by atoms with van der Waals surface area (Å²) >= 11 is 0. The Morgan fingerprint density at radius 1 is 1.42 bits per heavy atom. The third kappa shape index (κ3) is 0.833. The molecular weight excluding hydrogens is 156 g/mol. The molecule has 0 saturated heterocycles. The average molecular weight is 162 g/mol. The summed E-state index contributed by atoms with van der Waals surface area (Å²) in [4.78, 5) is 18.3. The molecule has 0 saturated carbocycles. The van der Waals surface area contributed by atoms with Crippen molar-refractivity contribution in [1.82, 2.24) is 14.4 Å². The number of imidazole rings is 1. The molecule has 0 unspecified atom stereocenters. The lowest BCUT2D eigenvalue weighted by molar-refractivity contribution is 0.111. The molecule has 0 aliphatic rings. The molecule has 0 radical (unpaired) electrons. The Balaban J connectivity index is 2.83. The van der Waals surface area contributed by atoms with Crippen LogP contribution in [0.25, 0.3) is 5.78 Å². The number of aromatic nitrogens is 3. The number of nitrogen functional groups attached to an aromatic ring is 1.